The first-order valence-corrected chi connectivity index (χ1v) is 7.21. The van der Waals surface area contributed by atoms with E-state index in [2.05, 4.69) is 36.6 Å². The minimum atomic E-state index is 0.00914. The summed E-state index contributed by atoms with van der Waals surface area (Å²) in [5.41, 5.74) is 2.73. The summed E-state index contributed by atoms with van der Waals surface area (Å²) in [7, 11) is 3.90. The number of allylic oxidation sites excluding steroid dienone is 1. The van der Waals surface area contributed by atoms with Crippen LogP contribution in [0.25, 0.3) is 0 Å². The van der Waals surface area contributed by atoms with E-state index in [0.29, 0.717) is 0 Å². The molecule has 1 spiro atoms. The van der Waals surface area contributed by atoms with Gasteiger partial charge in [-0.2, -0.15) is 0 Å². The highest BCUT2D eigenvalue weighted by molar-refractivity contribution is 5.61. The summed E-state index contributed by atoms with van der Waals surface area (Å²) in [6, 6.07) is 4.23. The Morgan fingerprint density at radius 3 is 3.20 bits per heavy atom. The van der Waals surface area contributed by atoms with Crippen LogP contribution in [0, 0.1) is 6.42 Å². The minimum absolute atomic E-state index is 0.00914. The number of hydrogen-bond acceptors (Lipinski definition) is 3. The Hall–Kier alpha value is -1.48. The second-order valence-electron chi connectivity index (χ2n) is 6.01. The molecule has 0 bridgehead atoms. The van der Waals surface area contributed by atoms with Crippen LogP contribution >= 0.6 is 0 Å². The summed E-state index contributed by atoms with van der Waals surface area (Å²) in [4.78, 5) is 2.39. The zero-order valence-corrected chi connectivity index (χ0v) is 12.0. The maximum absolute atomic E-state index is 6.28. The summed E-state index contributed by atoms with van der Waals surface area (Å²) in [6.07, 6.45) is 9.82. The molecule has 2 atom stereocenters. The first-order chi connectivity index (χ1) is 9.74. The average molecular weight is 269 g/mol. The highest BCUT2D eigenvalue weighted by Gasteiger charge is 2.51. The summed E-state index contributed by atoms with van der Waals surface area (Å²) in [5.74, 6) is 1.81. The fraction of sp³-hybridized carbons (Fsp3) is 0.471. The van der Waals surface area contributed by atoms with Crippen molar-refractivity contribution in [1.82, 2.24) is 4.90 Å². The topological polar surface area (TPSA) is 21.7 Å². The van der Waals surface area contributed by atoms with Crippen LogP contribution in [0.2, 0.25) is 0 Å². The molecule has 3 heteroatoms. The van der Waals surface area contributed by atoms with Crippen molar-refractivity contribution < 1.29 is 9.47 Å². The Morgan fingerprint density at radius 1 is 1.45 bits per heavy atom. The van der Waals surface area contributed by atoms with E-state index in [0.717, 1.165) is 37.4 Å². The van der Waals surface area contributed by atoms with Crippen molar-refractivity contribution in [2.24, 2.45) is 0 Å². The highest BCUT2D eigenvalue weighted by atomic mass is 16.5. The second-order valence-corrected chi connectivity index (χ2v) is 6.01. The van der Waals surface area contributed by atoms with Gasteiger partial charge in [0.1, 0.15) is 6.10 Å². The van der Waals surface area contributed by atoms with Crippen LogP contribution in [0.1, 0.15) is 24.0 Å². The summed E-state index contributed by atoms with van der Waals surface area (Å²) in [5, 5.41) is 0. The van der Waals surface area contributed by atoms with Gasteiger partial charge in [-0.1, -0.05) is 18.2 Å². The maximum atomic E-state index is 6.28. The molecule has 2 heterocycles. The van der Waals surface area contributed by atoms with Crippen LogP contribution in [0.4, 0.5) is 0 Å². The van der Waals surface area contributed by atoms with Crippen molar-refractivity contribution in [2.45, 2.75) is 30.9 Å². The first kappa shape index (κ1) is 12.3. The summed E-state index contributed by atoms with van der Waals surface area (Å²) >= 11 is 0. The Kier molecular flexibility index (Phi) is 2.61. The molecule has 0 unspecified atom stereocenters. The average Bonchev–Trinajstić information content (AvgIpc) is 2.74. The number of nitrogens with zero attached hydrogens (tertiary/aromatic N) is 1. The molecule has 4 rings (SSSR count). The predicted molar refractivity (Wildman–Crippen MR) is 77.0 cm³/mol. The van der Waals surface area contributed by atoms with Crippen molar-refractivity contribution in [3.8, 4) is 11.5 Å². The lowest BCUT2D eigenvalue weighted by atomic mass is 9.69. The van der Waals surface area contributed by atoms with Crippen LogP contribution in [-0.2, 0) is 12.0 Å². The molecular weight excluding hydrogens is 250 g/mol. The van der Waals surface area contributed by atoms with Gasteiger partial charge in [-0.25, -0.2) is 0 Å². The molecule has 0 saturated carbocycles. The van der Waals surface area contributed by atoms with Crippen LogP contribution in [0.5, 0.6) is 11.5 Å². The molecule has 0 fully saturated rings. The van der Waals surface area contributed by atoms with Crippen molar-refractivity contribution in [3.63, 3.8) is 0 Å². The number of methoxy groups -OCH3 is 1. The Bertz CT molecular complexity index is 581. The summed E-state index contributed by atoms with van der Waals surface area (Å²) in [6.45, 7) is 2.06. The predicted octanol–water partition coefficient (Wildman–Crippen LogP) is 2.57. The lowest BCUT2D eigenvalue weighted by Crippen LogP contribution is -2.39. The van der Waals surface area contributed by atoms with E-state index in [4.69, 9.17) is 9.47 Å². The van der Waals surface area contributed by atoms with Gasteiger partial charge in [0.05, 0.1) is 12.5 Å². The van der Waals surface area contributed by atoms with Gasteiger partial charge < -0.3 is 14.4 Å². The molecule has 2 aliphatic heterocycles. The Morgan fingerprint density at radius 2 is 2.35 bits per heavy atom. The van der Waals surface area contributed by atoms with Gasteiger partial charge in [0, 0.05) is 18.5 Å². The number of benzene rings is 1. The van der Waals surface area contributed by atoms with E-state index in [1.165, 1.54) is 11.1 Å². The van der Waals surface area contributed by atoms with Gasteiger partial charge in [0.15, 0.2) is 11.5 Å². The van der Waals surface area contributed by atoms with E-state index in [1.807, 2.05) is 6.07 Å². The molecule has 104 valence electrons. The van der Waals surface area contributed by atoms with Crippen LogP contribution < -0.4 is 9.47 Å². The molecule has 3 nitrogen and oxygen atoms in total. The minimum Gasteiger partial charge on any atom is -0.493 e. The molecule has 1 aliphatic carbocycles. The van der Waals surface area contributed by atoms with Gasteiger partial charge in [0.2, 0.25) is 0 Å². The second kappa shape index (κ2) is 4.26. The molecule has 0 aromatic heterocycles. The number of ether oxygens (including phenoxy) is 2. The van der Waals surface area contributed by atoms with E-state index < -0.39 is 0 Å². The first-order valence-electron chi connectivity index (χ1n) is 7.21. The highest BCUT2D eigenvalue weighted by Crippen LogP contribution is 2.55. The largest absolute Gasteiger partial charge is 0.493 e. The standard InChI is InChI=1S/C17H19NO2/c1-18-10-9-17-8-4-3-5-14(17)20-16-13(19-2)7-6-12(11-18)15(16)17/h4,6-8,14H,5,9-11H2,1-2H3/t14-,17-/m0/s1. The van der Waals surface area contributed by atoms with Gasteiger partial charge in [-0.05, 0) is 38.1 Å². The smallest absolute Gasteiger partial charge is 0.166 e. The van der Waals surface area contributed by atoms with Gasteiger partial charge >= 0.3 is 0 Å². The Balaban J connectivity index is 1.98. The SMILES string of the molecule is COc1ccc2c3c1O[C@H]1C[C]C=C[C@@]31CCN(C)C2. The molecule has 0 saturated heterocycles. The van der Waals surface area contributed by atoms with E-state index in [1.54, 1.807) is 7.11 Å². The van der Waals surface area contributed by atoms with Crippen LogP contribution in [0.15, 0.2) is 24.3 Å². The van der Waals surface area contributed by atoms with Crippen molar-refractivity contribution in [2.75, 3.05) is 20.7 Å². The maximum Gasteiger partial charge on any atom is 0.166 e. The number of rotatable bonds is 1. The molecule has 1 aromatic carbocycles. The monoisotopic (exact) mass is 269 g/mol. The lowest BCUT2D eigenvalue weighted by molar-refractivity contribution is 0.149. The lowest BCUT2D eigenvalue weighted by Gasteiger charge is -2.33. The third-order valence-corrected chi connectivity index (χ3v) is 4.88. The van der Waals surface area contributed by atoms with E-state index >= 15 is 0 Å². The van der Waals surface area contributed by atoms with E-state index in [9.17, 15) is 0 Å². The third-order valence-electron chi connectivity index (χ3n) is 4.88. The fourth-order valence-electron chi connectivity index (χ4n) is 3.84. The van der Waals surface area contributed by atoms with Gasteiger partial charge in [0.25, 0.3) is 0 Å². The molecule has 20 heavy (non-hydrogen) atoms. The van der Waals surface area contributed by atoms with Gasteiger partial charge in [-0.15, -0.1) is 0 Å². The van der Waals surface area contributed by atoms with Crippen molar-refractivity contribution in [1.29, 1.82) is 0 Å². The van der Waals surface area contributed by atoms with Crippen LogP contribution in [0.3, 0.4) is 0 Å². The van der Waals surface area contributed by atoms with Crippen molar-refractivity contribution in [3.05, 3.63) is 41.8 Å². The van der Waals surface area contributed by atoms with Gasteiger partial charge in [-0.3, -0.25) is 0 Å². The quantitative estimate of drug-likeness (QED) is 0.782. The zero-order chi connectivity index (χ0) is 13.7. The normalized spacial score (nSPS) is 31.2. The fourth-order valence-corrected chi connectivity index (χ4v) is 3.84. The van der Waals surface area contributed by atoms with Crippen LogP contribution in [-0.4, -0.2) is 31.7 Å². The number of hydrogen-bond donors (Lipinski definition) is 0. The molecule has 2 radical (unpaired) electrons. The Labute approximate surface area is 120 Å². The zero-order valence-electron chi connectivity index (χ0n) is 12.0. The third kappa shape index (κ3) is 1.50. The van der Waals surface area contributed by atoms with Crippen molar-refractivity contribution >= 4 is 0 Å². The molecule has 3 aliphatic rings. The summed E-state index contributed by atoms with van der Waals surface area (Å²) < 4.78 is 11.8. The molecular formula is C17H19NO2. The molecule has 0 amide bonds. The molecule has 0 N–H and O–H groups in total. The van der Waals surface area contributed by atoms with E-state index in [-0.39, 0.29) is 11.5 Å². The molecule has 1 aromatic rings.